The first-order valence-corrected chi connectivity index (χ1v) is 6.09. The van der Waals surface area contributed by atoms with Crippen molar-refractivity contribution in [2.24, 2.45) is 0 Å². The Hall–Kier alpha value is -2.82. The molecule has 0 N–H and O–H groups in total. The molecule has 100 valence electrons. The van der Waals surface area contributed by atoms with E-state index in [4.69, 9.17) is 4.74 Å². The third-order valence-electron chi connectivity index (χ3n) is 3.24. The average molecular weight is 268 g/mol. The first-order chi connectivity index (χ1) is 9.69. The van der Waals surface area contributed by atoms with Crippen molar-refractivity contribution in [2.45, 2.75) is 0 Å². The summed E-state index contributed by atoms with van der Waals surface area (Å²) in [5, 5.41) is 11.6. The smallest absolute Gasteiger partial charge is 0.270 e. The lowest BCUT2D eigenvalue weighted by molar-refractivity contribution is -0.384. The molecule has 0 bridgehead atoms. The minimum Gasteiger partial charge on any atom is -0.497 e. The van der Waals surface area contributed by atoms with Crippen LogP contribution in [0.25, 0.3) is 16.6 Å². The summed E-state index contributed by atoms with van der Waals surface area (Å²) in [6.07, 6.45) is 1.90. The number of benzene rings is 2. The largest absolute Gasteiger partial charge is 0.497 e. The third kappa shape index (κ3) is 1.99. The molecule has 1 aromatic heterocycles. The molecule has 0 radical (unpaired) electrons. The molecule has 0 aliphatic rings. The molecule has 5 heteroatoms. The van der Waals surface area contributed by atoms with Crippen LogP contribution in [0.4, 0.5) is 5.69 Å². The second-order valence-corrected chi connectivity index (χ2v) is 4.38. The zero-order valence-electron chi connectivity index (χ0n) is 10.8. The Labute approximate surface area is 115 Å². The van der Waals surface area contributed by atoms with Crippen LogP contribution in [0.5, 0.6) is 5.75 Å². The number of aromatic nitrogens is 1. The molecular formula is C15H12N2O3. The highest BCUT2D eigenvalue weighted by Gasteiger charge is 2.09. The van der Waals surface area contributed by atoms with Gasteiger partial charge in [0.05, 0.1) is 17.5 Å². The van der Waals surface area contributed by atoms with Crippen LogP contribution in [-0.4, -0.2) is 16.6 Å². The predicted octanol–water partition coefficient (Wildman–Crippen LogP) is 3.55. The Morgan fingerprint density at radius 2 is 1.85 bits per heavy atom. The number of fused-ring (bicyclic) bond motifs is 1. The number of nitro benzene ring substituents is 1. The van der Waals surface area contributed by atoms with Gasteiger partial charge in [-0.3, -0.25) is 10.1 Å². The molecule has 0 amide bonds. The average Bonchev–Trinajstić information content (AvgIpc) is 2.90. The lowest BCUT2D eigenvalue weighted by Gasteiger charge is -2.06. The van der Waals surface area contributed by atoms with Gasteiger partial charge in [-0.15, -0.1) is 0 Å². The van der Waals surface area contributed by atoms with Crippen molar-refractivity contribution in [3.63, 3.8) is 0 Å². The molecule has 0 aliphatic heterocycles. The molecule has 3 rings (SSSR count). The lowest BCUT2D eigenvalue weighted by atomic mass is 10.2. The minimum absolute atomic E-state index is 0.102. The number of nitrogens with zero attached hydrogens (tertiary/aromatic N) is 2. The first-order valence-electron chi connectivity index (χ1n) is 6.09. The van der Waals surface area contributed by atoms with Crippen molar-refractivity contribution in [1.29, 1.82) is 0 Å². The maximum atomic E-state index is 10.8. The molecule has 1 heterocycles. The maximum absolute atomic E-state index is 10.8. The second kappa shape index (κ2) is 4.70. The summed E-state index contributed by atoms with van der Waals surface area (Å²) >= 11 is 0. The summed E-state index contributed by atoms with van der Waals surface area (Å²) in [4.78, 5) is 10.4. The van der Waals surface area contributed by atoms with Crippen LogP contribution in [0.15, 0.2) is 54.7 Å². The fraction of sp³-hybridized carbons (Fsp3) is 0.0667. The van der Waals surface area contributed by atoms with Crippen LogP contribution in [0.1, 0.15) is 0 Å². The van der Waals surface area contributed by atoms with E-state index in [1.54, 1.807) is 19.2 Å². The number of nitro groups is 1. The molecule has 5 nitrogen and oxygen atoms in total. The van der Waals surface area contributed by atoms with Crippen molar-refractivity contribution >= 4 is 16.6 Å². The predicted molar refractivity (Wildman–Crippen MR) is 76.5 cm³/mol. The summed E-state index contributed by atoms with van der Waals surface area (Å²) in [5.41, 5.74) is 2.01. The molecule has 0 spiro atoms. The Morgan fingerprint density at radius 3 is 2.50 bits per heavy atom. The van der Waals surface area contributed by atoms with Crippen molar-refractivity contribution < 1.29 is 9.66 Å². The Kier molecular flexibility index (Phi) is 2.87. The summed E-state index contributed by atoms with van der Waals surface area (Å²) in [5.74, 6) is 0.792. The molecule has 0 fully saturated rings. The highest BCUT2D eigenvalue weighted by Crippen LogP contribution is 2.25. The fourth-order valence-corrected chi connectivity index (χ4v) is 2.21. The number of hydrogen-bond acceptors (Lipinski definition) is 3. The van der Waals surface area contributed by atoms with E-state index in [1.165, 1.54) is 6.07 Å². The highest BCUT2D eigenvalue weighted by molar-refractivity contribution is 5.84. The van der Waals surface area contributed by atoms with Crippen molar-refractivity contribution in [1.82, 2.24) is 4.57 Å². The van der Waals surface area contributed by atoms with Gasteiger partial charge in [-0.05, 0) is 36.4 Å². The summed E-state index contributed by atoms with van der Waals surface area (Å²) in [7, 11) is 1.62. The Balaban J connectivity index is 2.09. The zero-order valence-corrected chi connectivity index (χ0v) is 10.8. The van der Waals surface area contributed by atoms with Gasteiger partial charge >= 0.3 is 0 Å². The van der Waals surface area contributed by atoms with Gasteiger partial charge in [-0.1, -0.05) is 0 Å². The van der Waals surface area contributed by atoms with E-state index in [-0.39, 0.29) is 10.6 Å². The van der Waals surface area contributed by atoms with E-state index in [0.29, 0.717) is 0 Å². The van der Waals surface area contributed by atoms with E-state index in [0.717, 1.165) is 22.3 Å². The number of rotatable bonds is 3. The van der Waals surface area contributed by atoms with Crippen LogP contribution >= 0.6 is 0 Å². The van der Waals surface area contributed by atoms with Crippen LogP contribution in [0.3, 0.4) is 0 Å². The van der Waals surface area contributed by atoms with Crippen LogP contribution < -0.4 is 4.74 Å². The highest BCUT2D eigenvalue weighted by atomic mass is 16.6. The van der Waals surface area contributed by atoms with E-state index >= 15 is 0 Å². The van der Waals surface area contributed by atoms with Gasteiger partial charge in [0.15, 0.2) is 0 Å². The minimum atomic E-state index is -0.385. The van der Waals surface area contributed by atoms with Gasteiger partial charge in [0.2, 0.25) is 0 Å². The molecule has 20 heavy (non-hydrogen) atoms. The number of methoxy groups -OCH3 is 1. The topological polar surface area (TPSA) is 57.3 Å². The second-order valence-electron chi connectivity index (χ2n) is 4.38. The van der Waals surface area contributed by atoms with E-state index in [2.05, 4.69) is 0 Å². The van der Waals surface area contributed by atoms with Gasteiger partial charge in [0.25, 0.3) is 5.69 Å². The molecule has 0 saturated carbocycles. The van der Waals surface area contributed by atoms with Gasteiger partial charge in [0, 0.05) is 29.4 Å². The summed E-state index contributed by atoms with van der Waals surface area (Å²) < 4.78 is 7.12. The zero-order chi connectivity index (χ0) is 14.1. The fourth-order valence-electron chi connectivity index (χ4n) is 2.21. The van der Waals surface area contributed by atoms with Crippen LogP contribution in [0.2, 0.25) is 0 Å². The molecule has 0 atom stereocenters. The standard InChI is InChI=1S/C15H12N2O3/c1-20-14-5-2-12(3-6-14)16-9-8-11-10-13(17(18)19)4-7-15(11)16/h2-10H,1H3. The molecule has 2 aromatic carbocycles. The monoisotopic (exact) mass is 268 g/mol. The SMILES string of the molecule is COc1ccc(-n2ccc3cc([N+](=O)[O-])ccc32)cc1. The van der Waals surface area contributed by atoms with Gasteiger partial charge < -0.3 is 9.30 Å². The van der Waals surface area contributed by atoms with Crippen molar-refractivity contribution in [3.05, 3.63) is 64.8 Å². The van der Waals surface area contributed by atoms with Gasteiger partial charge in [-0.25, -0.2) is 0 Å². The first kappa shape index (κ1) is 12.2. The number of hydrogen-bond donors (Lipinski definition) is 0. The normalized spacial score (nSPS) is 10.7. The van der Waals surface area contributed by atoms with E-state index in [1.807, 2.05) is 41.1 Å². The van der Waals surface area contributed by atoms with Crippen molar-refractivity contribution in [3.8, 4) is 11.4 Å². The molecule has 0 saturated heterocycles. The summed E-state index contributed by atoms with van der Waals surface area (Å²) in [6.45, 7) is 0. The van der Waals surface area contributed by atoms with E-state index in [9.17, 15) is 10.1 Å². The number of ether oxygens (including phenoxy) is 1. The van der Waals surface area contributed by atoms with Gasteiger partial charge in [0.1, 0.15) is 5.75 Å². The molecule has 0 unspecified atom stereocenters. The quantitative estimate of drug-likeness (QED) is 0.539. The Bertz CT molecular complexity index is 775. The van der Waals surface area contributed by atoms with Crippen LogP contribution in [0, 0.1) is 10.1 Å². The maximum Gasteiger partial charge on any atom is 0.270 e. The van der Waals surface area contributed by atoms with Crippen LogP contribution in [-0.2, 0) is 0 Å². The van der Waals surface area contributed by atoms with Gasteiger partial charge in [-0.2, -0.15) is 0 Å². The lowest BCUT2D eigenvalue weighted by Crippen LogP contribution is -1.92. The van der Waals surface area contributed by atoms with Crippen molar-refractivity contribution in [2.75, 3.05) is 7.11 Å². The third-order valence-corrected chi connectivity index (χ3v) is 3.24. The van der Waals surface area contributed by atoms with E-state index < -0.39 is 0 Å². The molecule has 0 aliphatic carbocycles. The Morgan fingerprint density at radius 1 is 1.10 bits per heavy atom. The molecular weight excluding hydrogens is 256 g/mol. The number of non-ortho nitro benzene ring substituents is 1. The summed E-state index contributed by atoms with van der Waals surface area (Å²) in [6, 6.07) is 14.4. The molecule has 3 aromatic rings.